The van der Waals surface area contributed by atoms with Crippen LogP contribution in [-0.4, -0.2) is 47.3 Å². The van der Waals surface area contributed by atoms with Gasteiger partial charge in [0.25, 0.3) is 6.43 Å². The van der Waals surface area contributed by atoms with E-state index in [4.69, 9.17) is 4.74 Å². The molecule has 1 aliphatic rings. The van der Waals surface area contributed by atoms with Gasteiger partial charge in [0.05, 0.1) is 18.9 Å². The number of ether oxygens (including phenoxy) is 1. The number of hydrogen-bond acceptors (Lipinski definition) is 4. The van der Waals surface area contributed by atoms with Gasteiger partial charge in [-0.05, 0) is 0 Å². The summed E-state index contributed by atoms with van der Waals surface area (Å²) in [6, 6.07) is -0.150. The maximum atomic E-state index is 13.4. The highest BCUT2D eigenvalue weighted by molar-refractivity contribution is 5.30. The SMILES string of the molecule is Cn1ccc(=O)c(O)c1C(C(F)F)N1CCOCC1. The van der Waals surface area contributed by atoms with Crippen molar-refractivity contribution in [1.29, 1.82) is 0 Å². The number of halogens is 2. The van der Waals surface area contributed by atoms with Gasteiger partial charge in [0, 0.05) is 32.4 Å². The number of morpholine rings is 1. The van der Waals surface area contributed by atoms with E-state index in [9.17, 15) is 18.7 Å². The monoisotopic (exact) mass is 274 g/mol. The van der Waals surface area contributed by atoms with E-state index in [0.717, 1.165) is 6.07 Å². The largest absolute Gasteiger partial charge is 0.503 e. The molecular weight excluding hydrogens is 258 g/mol. The van der Waals surface area contributed by atoms with Crippen molar-refractivity contribution >= 4 is 0 Å². The van der Waals surface area contributed by atoms with Gasteiger partial charge in [-0.3, -0.25) is 9.69 Å². The van der Waals surface area contributed by atoms with Crippen LogP contribution in [0.5, 0.6) is 5.75 Å². The number of hydrogen-bond donors (Lipinski definition) is 1. The van der Waals surface area contributed by atoms with Gasteiger partial charge in [-0.15, -0.1) is 0 Å². The van der Waals surface area contributed by atoms with Crippen LogP contribution < -0.4 is 5.43 Å². The molecule has 0 spiro atoms. The van der Waals surface area contributed by atoms with Crippen molar-refractivity contribution in [3.8, 4) is 5.75 Å². The summed E-state index contributed by atoms with van der Waals surface area (Å²) in [6.07, 6.45) is -1.32. The normalized spacial score (nSPS) is 18.7. The molecule has 0 aliphatic carbocycles. The number of alkyl halides is 2. The lowest BCUT2D eigenvalue weighted by Gasteiger charge is -2.34. The molecule has 106 valence electrons. The number of rotatable bonds is 3. The summed E-state index contributed by atoms with van der Waals surface area (Å²) in [5.41, 5.74) is -0.698. The zero-order chi connectivity index (χ0) is 14.0. The molecule has 0 bridgehead atoms. The fourth-order valence-corrected chi connectivity index (χ4v) is 2.29. The van der Waals surface area contributed by atoms with Crippen LogP contribution in [-0.2, 0) is 11.8 Å². The number of aromatic hydroxyl groups is 1. The van der Waals surface area contributed by atoms with Gasteiger partial charge in [0.1, 0.15) is 6.04 Å². The van der Waals surface area contributed by atoms with Crippen LogP contribution in [0.1, 0.15) is 11.7 Å². The lowest BCUT2D eigenvalue weighted by molar-refractivity contribution is -0.0379. The Labute approximate surface area is 109 Å². The summed E-state index contributed by atoms with van der Waals surface area (Å²) in [4.78, 5) is 13.0. The molecule has 1 aromatic rings. The van der Waals surface area contributed by atoms with Gasteiger partial charge in [-0.25, -0.2) is 8.78 Å². The van der Waals surface area contributed by atoms with E-state index in [1.165, 1.54) is 22.7 Å². The molecule has 1 unspecified atom stereocenters. The van der Waals surface area contributed by atoms with Crippen molar-refractivity contribution in [2.75, 3.05) is 26.3 Å². The maximum Gasteiger partial charge on any atom is 0.259 e. The molecule has 5 nitrogen and oxygen atoms in total. The van der Waals surface area contributed by atoms with Crippen LogP contribution in [0.15, 0.2) is 17.1 Å². The zero-order valence-corrected chi connectivity index (χ0v) is 10.6. The molecule has 1 atom stereocenters. The summed E-state index contributed by atoms with van der Waals surface area (Å²) in [5.74, 6) is -0.609. The summed E-state index contributed by atoms with van der Waals surface area (Å²) in [5, 5.41) is 9.80. The summed E-state index contributed by atoms with van der Waals surface area (Å²) >= 11 is 0. The molecule has 0 amide bonds. The second-order valence-electron chi connectivity index (χ2n) is 4.45. The van der Waals surface area contributed by atoms with E-state index in [0.29, 0.717) is 26.3 Å². The Kier molecular flexibility index (Phi) is 4.16. The predicted octanol–water partition coefficient (Wildman–Crippen LogP) is 0.729. The molecule has 2 heterocycles. The first-order valence-corrected chi connectivity index (χ1v) is 6.01. The molecule has 1 saturated heterocycles. The highest BCUT2D eigenvalue weighted by Crippen LogP contribution is 2.31. The van der Waals surface area contributed by atoms with E-state index in [-0.39, 0.29) is 5.69 Å². The third-order valence-electron chi connectivity index (χ3n) is 3.26. The highest BCUT2D eigenvalue weighted by atomic mass is 19.3. The van der Waals surface area contributed by atoms with Crippen LogP contribution in [0.2, 0.25) is 0 Å². The Hall–Kier alpha value is -1.47. The molecule has 1 aliphatic heterocycles. The average Bonchev–Trinajstić information content (AvgIpc) is 2.39. The Morgan fingerprint density at radius 2 is 2.00 bits per heavy atom. The van der Waals surface area contributed by atoms with Crippen molar-refractivity contribution in [3.63, 3.8) is 0 Å². The first kappa shape index (κ1) is 14.0. The zero-order valence-electron chi connectivity index (χ0n) is 10.6. The van der Waals surface area contributed by atoms with Gasteiger partial charge < -0.3 is 14.4 Å². The molecule has 19 heavy (non-hydrogen) atoms. The smallest absolute Gasteiger partial charge is 0.259 e. The molecule has 1 fully saturated rings. The molecule has 7 heteroatoms. The lowest BCUT2D eigenvalue weighted by Crippen LogP contribution is -2.43. The third-order valence-corrected chi connectivity index (χ3v) is 3.26. The Balaban J connectivity index is 2.44. The molecule has 2 rings (SSSR count). The van der Waals surface area contributed by atoms with Crippen LogP contribution >= 0.6 is 0 Å². The van der Waals surface area contributed by atoms with E-state index >= 15 is 0 Å². The number of aryl methyl sites for hydroxylation is 1. The quantitative estimate of drug-likeness (QED) is 0.883. The average molecular weight is 274 g/mol. The lowest BCUT2D eigenvalue weighted by atomic mass is 10.1. The minimum atomic E-state index is -2.70. The van der Waals surface area contributed by atoms with Crippen molar-refractivity contribution < 1.29 is 18.6 Å². The van der Waals surface area contributed by atoms with Crippen LogP contribution in [0, 0.1) is 0 Å². The number of nitrogens with zero attached hydrogens (tertiary/aromatic N) is 2. The molecule has 0 aromatic carbocycles. The third kappa shape index (κ3) is 2.76. The molecular formula is C12H16F2N2O3. The predicted molar refractivity (Wildman–Crippen MR) is 64.5 cm³/mol. The van der Waals surface area contributed by atoms with Crippen molar-refractivity contribution in [2.24, 2.45) is 7.05 Å². The van der Waals surface area contributed by atoms with Crippen LogP contribution in [0.4, 0.5) is 8.78 Å². The Morgan fingerprint density at radius 3 is 2.58 bits per heavy atom. The first-order chi connectivity index (χ1) is 9.02. The van der Waals surface area contributed by atoms with Gasteiger partial charge in [0.15, 0.2) is 5.75 Å². The topological polar surface area (TPSA) is 54.7 Å². The van der Waals surface area contributed by atoms with Gasteiger partial charge in [-0.1, -0.05) is 0 Å². The summed E-state index contributed by atoms with van der Waals surface area (Å²) in [6.45, 7) is 1.42. The van der Waals surface area contributed by atoms with Crippen molar-refractivity contribution in [1.82, 2.24) is 9.47 Å². The van der Waals surface area contributed by atoms with E-state index < -0.39 is 23.6 Å². The van der Waals surface area contributed by atoms with Crippen molar-refractivity contribution in [3.05, 3.63) is 28.2 Å². The fourth-order valence-electron chi connectivity index (χ4n) is 2.29. The summed E-state index contributed by atoms with van der Waals surface area (Å²) in [7, 11) is 1.53. The fraction of sp³-hybridized carbons (Fsp3) is 0.583. The van der Waals surface area contributed by atoms with E-state index in [1.54, 1.807) is 0 Å². The number of pyridine rings is 1. The first-order valence-electron chi connectivity index (χ1n) is 6.01. The second kappa shape index (κ2) is 5.66. The molecule has 1 N–H and O–H groups in total. The maximum absolute atomic E-state index is 13.4. The van der Waals surface area contributed by atoms with Gasteiger partial charge in [0.2, 0.25) is 5.43 Å². The van der Waals surface area contributed by atoms with Gasteiger partial charge >= 0.3 is 0 Å². The van der Waals surface area contributed by atoms with E-state index in [1.807, 2.05) is 0 Å². The van der Waals surface area contributed by atoms with E-state index in [2.05, 4.69) is 0 Å². The second-order valence-corrected chi connectivity index (χ2v) is 4.45. The van der Waals surface area contributed by atoms with Crippen molar-refractivity contribution in [2.45, 2.75) is 12.5 Å². The van der Waals surface area contributed by atoms with Gasteiger partial charge in [-0.2, -0.15) is 0 Å². The Bertz CT molecular complexity index is 498. The minimum absolute atomic E-state index is 0.0515. The standard InChI is InChI=1S/C12H16F2N2O3/c1-15-3-2-8(17)11(18)9(15)10(12(13)14)16-4-6-19-7-5-16/h2-3,10,12,18H,4-7H2,1H3. The highest BCUT2D eigenvalue weighted by Gasteiger charge is 2.34. The number of aromatic nitrogens is 1. The summed E-state index contributed by atoms with van der Waals surface area (Å²) < 4.78 is 33.2. The molecule has 1 aromatic heterocycles. The molecule has 0 radical (unpaired) electrons. The van der Waals surface area contributed by atoms with Crippen LogP contribution in [0.3, 0.4) is 0 Å². The Morgan fingerprint density at radius 1 is 1.37 bits per heavy atom. The molecule has 0 saturated carbocycles. The van der Waals surface area contributed by atoms with Crippen LogP contribution in [0.25, 0.3) is 0 Å². The minimum Gasteiger partial charge on any atom is -0.503 e.